The molecule has 0 spiro atoms. The second-order valence-electron chi connectivity index (χ2n) is 6.40. The van der Waals surface area contributed by atoms with Gasteiger partial charge in [0.05, 0.1) is 18.2 Å². The lowest BCUT2D eigenvalue weighted by Crippen LogP contribution is -2.30. The number of carbonyl (C=O) groups is 1. The van der Waals surface area contributed by atoms with Crippen LogP contribution in [0.3, 0.4) is 0 Å². The molecule has 0 aliphatic heterocycles. The van der Waals surface area contributed by atoms with Gasteiger partial charge in [-0.3, -0.25) is 9.59 Å². The van der Waals surface area contributed by atoms with Gasteiger partial charge in [0, 0.05) is 10.4 Å². The number of rotatable bonds is 5. The summed E-state index contributed by atoms with van der Waals surface area (Å²) < 4.78 is 6.23. The molecule has 2 N–H and O–H groups in total. The Bertz CT molecular complexity index is 1090. The summed E-state index contributed by atoms with van der Waals surface area (Å²) in [5, 5.41) is 1.02. The Morgan fingerprint density at radius 1 is 1.37 bits per heavy atom. The molecule has 1 aromatic carbocycles. The molecule has 3 aromatic rings. The predicted molar refractivity (Wildman–Crippen MR) is 109 cm³/mol. The van der Waals surface area contributed by atoms with Crippen molar-refractivity contribution in [1.29, 1.82) is 0 Å². The van der Waals surface area contributed by atoms with Crippen LogP contribution in [0, 0.1) is 0 Å². The molecule has 0 saturated carbocycles. The number of ketones is 1. The molecule has 2 aromatic heterocycles. The van der Waals surface area contributed by atoms with Gasteiger partial charge in [-0.05, 0) is 43.4 Å². The van der Waals surface area contributed by atoms with Crippen LogP contribution in [0.25, 0.3) is 10.2 Å². The number of nitrogens with two attached hydrogens (primary N) is 1. The molecule has 2 heterocycles. The average Bonchev–Trinajstić information content (AvgIpc) is 3.07. The van der Waals surface area contributed by atoms with Crippen molar-refractivity contribution in [2.24, 2.45) is 0 Å². The van der Waals surface area contributed by atoms with E-state index < -0.39 is 0 Å². The van der Waals surface area contributed by atoms with Crippen molar-refractivity contribution in [3.05, 3.63) is 50.6 Å². The SMILES string of the molecule is COc1cccc(C(=O)CSc2nc3sc4c(c3c(=O)n2N)CCCC4)c1. The second-order valence-corrected chi connectivity index (χ2v) is 8.43. The lowest BCUT2D eigenvalue weighted by molar-refractivity contribution is 0.102. The van der Waals surface area contributed by atoms with Crippen LogP contribution in [0.1, 0.15) is 33.6 Å². The summed E-state index contributed by atoms with van der Waals surface area (Å²) in [7, 11) is 1.56. The van der Waals surface area contributed by atoms with E-state index in [9.17, 15) is 9.59 Å². The van der Waals surface area contributed by atoms with Crippen LogP contribution in [-0.4, -0.2) is 28.3 Å². The molecule has 27 heavy (non-hydrogen) atoms. The summed E-state index contributed by atoms with van der Waals surface area (Å²) in [5.41, 5.74) is 1.44. The number of ether oxygens (including phenoxy) is 1. The number of hydrogen-bond acceptors (Lipinski definition) is 7. The van der Waals surface area contributed by atoms with Gasteiger partial charge in [0.15, 0.2) is 10.9 Å². The lowest BCUT2D eigenvalue weighted by atomic mass is 9.97. The number of nitrogen functional groups attached to an aromatic ring is 1. The van der Waals surface area contributed by atoms with Gasteiger partial charge >= 0.3 is 0 Å². The highest BCUT2D eigenvalue weighted by atomic mass is 32.2. The number of thioether (sulfide) groups is 1. The first-order valence-electron chi connectivity index (χ1n) is 8.71. The molecule has 0 bridgehead atoms. The highest BCUT2D eigenvalue weighted by Crippen LogP contribution is 2.34. The molecule has 1 aliphatic rings. The lowest BCUT2D eigenvalue weighted by Gasteiger charge is -2.10. The third kappa shape index (κ3) is 3.35. The van der Waals surface area contributed by atoms with Crippen LogP contribution < -0.4 is 16.1 Å². The Balaban J connectivity index is 1.61. The molecule has 140 valence electrons. The number of Topliss-reactive ketones (excluding diaryl/α,β-unsaturated/α-hetero) is 1. The Kier molecular flexibility index (Phi) is 4.92. The van der Waals surface area contributed by atoms with Gasteiger partial charge in [0.1, 0.15) is 10.6 Å². The summed E-state index contributed by atoms with van der Waals surface area (Å²) in [4.78, 5) is 31.8. The minimum Gasteiger partial charge on any atom is -0.497 e. The second kappa shape index (κ2) is 7.36. The van der Waals surface area contributed by atoms with E-state index in [0.717, 1.165) is 40.8 Å². The number of thiophene rings is 1. The van der Waals surface area contributed by atoms with Gasteiger partial charge in [0.2, 0.25) is 0 Å². The maximum atomic E-state index is 12.8. The fourth-order valence-corrected chi connectivity index (χ4v) is 5.42. The van der Waals surface area contributed by atoms with Crippen molar-refractivity contribution in [1.82, 2.24) is 9.66 Å². The van der Waals surface area contributed by atoms with Crippen LogP contribution in [0.2, 0.25) is 0 Å². The van der Waals surface area contributed by atoms with E-state index in [4.69, 9.17) is 10.6 Å². The number of methoxy groups -OCH3 is 1. The van der Waals surface area contributed by atoms with E-state index in [1.165, 1.54) is 16.6 Å². The number of carbonyl (C=O) groups excluding carboxylic acids is 1. The molecule has 4 rings (SSSR count). The molecule has 6 nitrogen and oxygen atoms in total. The Morgan fingerprint density at radius 2 is 2.19 bits per heavy atom. The van der Waals surface area contributed by atoms with E-state index in [1.54, 1.807) is 42.7 Å². The zero-order valence-corrected chi connectivity index (χ0v) is 16.5. The maximum Gasteiger partial charge on any atom is 0.281 e. The molecule has 8 heteroatoms. The predicted octanol–water partition coefficient (Wildman–Crippen LogP) is 3.03. The highest BCUT2D eigenvalue weighted by Gasteiger charge is 2.22. The molecule has 0 amide bonds. The van der Waals surface area contributed by atoms with Crippen molar-refractivity contribution in [2.75, 3.05) is 18.7 Å². The molecule has 0 radical (unpaired) electrons. The molecular weight excluding hydrogens is 382 g/mol. The van der Waals surface area contributed by atoms with Crippen LogP contribution in [0.15, 0.2) is 34.2 Å². The van der Waals surface area contributed by atoms with Gasteiger partial charge in [-0.2, -0.15) is 0 Å². The van der Waals surface area contributed by atoms with Crippen LogP contribution in [0.4, 0.5) is 0 Å². The first-order valence-corrected chi connectivity index (χ1v) is 10.5. The van der Waals surface area contributed by atoms with Crippen LogP contribution >= 0.6 is 23.1 Å². The fourth-order valence-electron chi connectivity index (χ4n) is 3.31. The quantitative estimate of drug-likeness (QED) is 0.306. The third-order valence-corrected chi connectivity index (χ3v) is 6.85. The first kappa shape index (κ1) is 18.1. The van der Waals surface area contributed by atoms with Gasteiger partial charge < -0.3 is 10.6 Å². The van der Waals surface area contributed by atoms with Gasteiger partial charge in [-0.1, -0.05) is 23.9 Å². The van der Waals surface area contributed by atoms with E-state index in [1.807, 2.05) is 0 Å². The van der Waals surface area contributed by atoms with E-state index in [2.05, 4.69) is 4.98 Å². The minimum atomic E-state index is -0.226. The van der Waals surface area contributed by atoms with Crippen molar-refractivity contribution in [3.63, 3.8) is 0 Å². The number of aryl methyl sites for hydroxylation is 2. The van der Waals surface area contributed by atoms with Gasteiger partial charge in [0.25, 0.3) is 5.56 Å². The third-order valence-electron chi connectivity index (χ3n) is 4.71. The van der Waals surface area contributed by atoms with Crippen LogP contribution in [-0.2, 0) is 12.8 Å². The normalized spacial score (nSPS) is 13.5. The summed E-state index contributed by atoms with van der Waals surface area (Å²) in [6.45, 7) is 0. The van der Waals surface area contributed by atoms with Crippen molar-refractivity contribution in [2.45, 2.75) is 30.8 Å². The highest BCUT2D eigenvalue weighted by molar-refractivity contribution is 7.99. The Morgan fingerprint density at radius 3 is 3.00 bits per heavy atom. The zero-order chi connectivity index (χ0) is 19.0. The standard InChI is InChI=1S/C19H19N3O3S2/c1-25-12-6-4-5-11(9-12)14(23)10-26-19-21-17-16(18(24)22(19)20)13-7-2-3-8-15(13)27-17/h4-6,9H,2-3,7-8,10,20H2,1H3. The molecule has 0 atom stereocenters. The van der Waals surface area contributed by atoms with E-state index >= 15 is 0 Å². The summed E-state index contributed by atoms with van der Waals surface area (Å²) in [5.74, 6) is 6.71. The smallest absolute Gasteiger partial charge is 0.281 e. The minimum absolute atomic E-state index is 0.0706. The molecule has 0 saturated heterocycles. The van der Waals surface area contributed by atoms with Crippen molar-refractivity contribution in [3.8, 4) is 5.75 Å². The van der Waals surface area contributed by atoms with Crippen LogP contribution in [0.5, 0.6) is 5.75 Å². The number of hydrogen-bond donors (Lipinski definition) is 1. The molecular formula is C19H19N3O3S2. The molecule has 0 fully saturated rings. The van der Waals surface area contributed by atoms with E-state index in [0.29, 0.717) is 21.9 Å². The van der Waals surface area contributed by atoms with Crippen molar-refractivity contribution < 1.29 is 9.53 Å². The zero-order valence-electron chi connectivity index (χ0n) is 14.9. The monoisotopic (exact) mass is 401 g/mol. The molecule has 1 aliphatic carbocycles. The van der Waals surface area contributed by atoms with Gasteiger partial charge in [-0.15, -0.1) is 11.3 Å². The molecule has 0 unspecified atom stereocenters. The largest absolute Gasteiger partial charge is 0.497 e. The Hall–Kier alpha value is -2.32. The first-order chi connectivity index (χ1) is 13.1. The summed E-state index contributed by atoms with van der Waals surface area (Å²) >= 11 is 2.76. The number of aromatic nitrogens is 2. The van der Waals surface area contributed by atoms with Gasteiger partial charge in [-0.25, -0.2) is 9.66 Å². The van der Waals surface area contributed by atoms with Crippen molar-refractivity contribution >= 4 is 39.1 Å². The topological polar surface area (TPSA) is 87.2 Å². The Labute approximate surface area is 164 Å². The summed E-state index contributed by atoms with van der Waals surface area (Å²) in [6, 6.07) is 7.00. The average molecular weight is 402 g/mol. The number of nitrogens with zero attached hydrogens (tertiary/aromatic N) is 2. The number of fused-ring (bicyclic) bond motifs is 3. The summed E-state index contributed by atoms with van der Waals surface area (Å²) in [6.07, 6.45) is 4.14. The maximum absolute atomic E-state index is 12.8. The fraction of sp³-hybridized carbons (Fsp3) is 0.316. The van der Waals surface area contributed by atoms with E-state index in [-0.39, 0.29) is 17.1 Å². The number of benzene rings is 1.